The third-order valence-corrected chi connectivity index (χ3v) is 7.69. The number of carbonyl (C=O) groups excluding carboxylic acids is 6. The van der Waals surface area contributed by atoms with Crippen LogP contribution in [0.3, 0.4) is 0 Å². The van der Waals surface area contributed by atoms with Crippen molar-refractivity contribution in [3.8, 4) is 0 Å². The van der Waals surface area contributed by atoms with Gasteiger partial charge in [-0.3, -0.25) is 47.9 Å². The summed E-state index contributed by atoms with van der Waals surface area (Å²) in [6.07, 6.45) is -6.81. The standard InChI is InChI=1S/C33H45N7O17/c1-14(34)27(50)35-17(8-9-22(42)43)28(51)37-19(11-23(44)45)30(53)39-21(13-25(48)49)31(54)38-20(12-24(46)47)29(52)36-18(10-16-6-4-3-5-7-16)32(55)40-26(15(2)41)33(56)57/h3-7,14-15,17-21,26,41H,8-13,34H2,1-2H3,(H,35,50)(H,36,52)(H,37,51)(H,38,54)(H,39,53)(H,40,55)(H,42,43)(H,44,45)(H,46,47)(H,48,49)(H,56,57)/t14-,15+,17-,18-,19-,20-,21-,26-/m0/s1. The van der Waals surface area contributed by atoms with Crippen LogP contribution in [-0.2, 0) is 59.2 Å². The number of hydrogen-bond donors (Lipinski definition) is 13. The van der Waals surface area contributed by atoms with Gasteiger partial charge in [-0.2, -0.15) is 0 Å². The summed E-state index contributed by atoms with van der Waals surface area (Å²) in [6.45, 7) is 2.30. The zero-order valence-corrected chi connectivity index (χ0v) is 30.5. The van der Waals surface area contributed by atoms with E-state index in [0.29, 0.717) is 5.56 Å². The van der Waals surface area contributed by atoms with Crippen molar-refractivity contribution in [2.45, 2.75) is 101 Å². The van der Waals surface area contributed by atoms with E-state index < -0.39 is 146 Å². The summed E-state index contributed by atoms with van der Waals surface area (Å²) in [5, 5.41) is 68.9. The minimum absolute atomic E-state index is 0.321. The zero-order valence-electron chi connectivity index (χ0n) is 30.5. The first kappa shape index (κ1) is 48.3. The van der Waals surface area contributed by atoms with Crippen LogP contribution >= 0.6 is 0 Å². The summed E-state index contributed by atoms with van der Waals surface area (Å²) in [4.78, 5) is 136. The number of benzene rings is 1. The molecular formula is C33H45N7O17. The van der Waals surface area contributed by atoms with E-state index in [1.165, 1.54) is 19.1 Å². The highest BCUT2D eigenvalue weighted by Gasteiger charge is 2.36. The fraction of sp³-hybridized carbons (Fsp3) is 0.485. The molecule has 14 N–H and O–H groups in total. The predicted molar refractivity (Wildman–Crippen MR) is 188 cm³/mol. The maximum atomic E-state index is 13.4. The second kappa shape index (κ2) is 23.3. The number of hydrogen-bond acceptors (Lipinski definition) is 13. The second-order valence-corrected chi connectivity index (χ2v) is 12.6. The molecule has 0 saturated heterocycles. The first-order valence-electron chi connectivity index (χ1n) is 16.9. The summed E-state index contributed by atoms with van der Waals surface area (Å²) in [5.41, 5.74) is 5.89. The van der Waals surface area contributed by atoms with Crippen molar-refractivity contribution in [3.05, 3.63) is 35.9 Å². The van der Waals surface area contributed by atoms with Crippen molar-refractivity contribution in [2.24, 2.45) is 5.73 Å². The highest BCUT2D eigenvalue weighted by molar-refractivity contribution is 5.99. The molecule has 57 heavy (non-hydrogen) atoms. The number of amides is 6. The van der Waals surface area contributed by atoms with Gasteiger partial charge in [-0.05, 0) is 25.8 Å². The molecule has 24 heteroatoms. The van der Waals surface area contributed by atoms with Crippen molar-refractivity contribution in [3.63, 3.8) is 0 Å². The van der Waals surface area contributed by atoms with Crippen LogP contribution < -0.4 is 37.6 Å². The number of aliphatic hydroxyl groups excluding tert-OH is 1. The Hall–Kier alpha value is -6.69. The predicted octanol–water partition coefficient (Wildman–Crippen LogP) is -4.76. The SMILES string of the molecule is C[C@H](N)C(=O)N[C@@H](CCC(=O)O)C(=O)N[C@@H](CC(=O)O)C(=O)N[C@@H](CC(=O)O)C(=O)N[C@@H](CC(=O)O)C(=O)N[C@@H](Cc1ccccc1)C(=O)N[C@H](C(=O)O)[C@@H](C)O. The molecule has 1 aromatic carbocycles. The lowest BCUT2D eigenvalue weighted by Crippen LogP contribution is -2.61. The van der Waals surface area contributed by atoms with Gasteiger partial charge in [0.25, 0.3) is 0 Å². The Bertz CT molecular complexity index is 1670. The van der Waals surface area contributed by atoms with Crippen LogP contribution in [0, 0.1) is 0 Å². The molecular weight excluding hydrogens is 766 g/mol. The Morgan fingerprint density at radius 2 is 0.895 bits per heavy atom. The summed E-state index contributed by atoms with van der Waals surface area (Å²) >= 11 is 0. The van der Waals surface area contributed by atoms with Gasteiger partial charge < -0.3 is 68.3 Å². The van der Waals surface area contributed by atoms with Crippen LogP contribution in [0.25, 0.3) is 0 Å². The van der Waals surface area contributed by atoms with Gasteiger partial charge in [-0.15, -0.1) is 0 Å². The molecule has 0 aliphatic rings. The second-order valence-electron chi connectivity index (χ2n) is 12.6. The van der Waals surface area contributed by atoms with Gasteiger partial charge >= 0.3 is 29.8 Å². The number of aliphatic hydroxyl groups is 1. The van der Waals surface area contributed by atoms with Crippen molar-refractivity contribution in [2.75, 3.05) is 0 Å². The topological polar surface area (TPSA) is 407 Å². The molecule has 0 aromatic heterocycles. The molecule has 0 spiro atoms. The van der Waals surface area contributed by atoms with Crippen molar-refractivity contribution in [1.29, 1.82) is 0 Å². The number of carboxylic acids is 5. The first-order valence-corrected chi connectivity index (χ1v) is 16.9. The fourth-order valence-corrected chi connectivity index (χ4v) is 4.78. The van der Waals surface area contributed by atoms with Gasteiger partial charge in [0.2, 0.25) is 35.4 Å². The van der Waals surface area contributed by atoms with Gasteiger partial charge in [-0.25, -0.2) is 4.79 Å². The van der Waals surface area contributed by atoms with E-state index >= 15 is 0 Å². The number of carbonyl (C=O) groups is 11. The molecule has 0 radical (unpaired) electrons. The molecule has 8 atom stereocenters. The Kier molecular flexibility index (Phi) is 19.7. The molecule has 0 bridgehead atoms. The number of nitrogens with one attached hydrogen (secondary N) is 6. The normalized spacial score (nSPS) is 14.9. The number of nitrogens with two attached hydrogens (primary N) is 1. The van der Waals surface area contributed by atoms with Crippen LogP contribution in [0.1, 0.15) is 51.5 Å². The maximum Gasteiger partial charge on any atom is 0.328 e. The van der Waals surface area contributed by atoms with E-state index in [4.69, 9.17) is 10.8 Å². The van der Waals surface area contributed by atoms with E-state index in [-0.39, 0.29) is 6.42 Å². The van der Waals surface area contributed by atoms with Crippen molar-refractivity contribution in [1.82, 2.24) is 31.9 Å². The average molecular weight is 812 g/mol. The number of carboxylic acid groups (broad SMARTS) is 5. The number of rotatable bonds is 25. The first-order chi connectivity index (χ1) is 26.5. The van der Waals surface area contributed by atoms with Crippen molar-refractivity contribution >= 4 is 65.3 Å². The van der Waals surface area contributed by atoms with E-state index in [0.717, 1.165) is 6.92 Å². The highest BCUT2D eigenvalue weighted by atomic mass is 16.4. The Morgan fingerprint density at radius 1 is 0.526 bits per heavy atom. The smallest absolute Gasteiger partial charge is 0.328 e. The lowest BCUT2D eigenvalue weighted by atomic mass is 10.0. The minimum Gasteiger partial charge on any atom is -0.481 e. The Morgan fingerprint density at radius 3 is 1.25 bits per heavy atom. The Balaban J connectivity index is 3.40. The van der Waals surface area contributed by atoms with Gasteiger partial charge in [0.15, 0.2) is 6.04 Å². The molecule has 0 aliphatic heterocycles. The maximum absolute atomic E-state index is 13.4. The molecule has 1 rings (SSSR count). The Labute approximate surface area is 322 Å². The summed E-state index contributed by atoms with van der Waals surface area (Å²) in [7, 11) is 0. The van der Waals surface area contributed by atoms with Crippen LogP contribution in [-0.4, -0.2) is 144 Å². The largest absolute Gasteiger partial charge is 0.481 e. The quantitative estimate of drug-likeness (QED) is 0.0441. The summed E-state index contributed by atoms with van der Waals surface area (Å²) < 4.78 is 0. The fourth-order valence-electron chi connectivity index (χ4n) is 4.78. The summed E-state index contributed by atoms with van der Waals surface area (Å²) in [6, 6.07) is -4.91. The number of aliphatic carboxylic acids is 5. The van der Waals surface area contributed by atoms with Crippen LogP contribution in [0.15, 0.2) is 30.3 Å². The van der Waals surface area contributed by atoms with Gasteiger partial charge in [0.05, 0.1) is 31.4 Å². The third-order valence-electron chi connectivity index (χ3n) is 7.69. The molecule has 24 nitrogen and oxygen atoms in total. The average Bonchev–Trinajstić information content (AvgIpc) is 3.10. The minimum atomic E-state index is -2.18. The van der Waals surface area contributed by atoms with Gasteiger partial charge in [0.1, 0.15) is 30.2 Å². The van der Waals surface area contributed by atoms with Gasteiger partial charge in [-0.1, -0.05) is 30.3 Å². The molecule has 0 unspecified atom stereocenters. The van der Waals surface area contributed by atoms with E-state index in [1.807, 2.05) is 16.0 Å². The van der Waals surface area contributed by atoms with Crippen molar-refractivity contribution < 1.29 is 83.4 Å². The lowest BCUT2D eigenvalue weighted by Gasteiger charge is -2.27. The van der Waals surface area contributed by atoms with E-state index in [2.05, 4.69) is 16.0 Å². The van der Waals surface area contributed by atoms with E-state index in [9.17, 15) is 78.3 Å². The molecule has 0 aliphatic carbocycles. The summed E-state index contributed by atoms with van der Waals surface area (Å²) in [5.74, 6) is -15.9. The molecule has 0 saturated carbocycles. The monoisotopic (exact) mass is 811 g/mol. The lowest BCUT2D eigenvalue weighted by molar-refractivity contribution is -0.146. The molecule has 1 aromatic rings. The van der Waals surface area contributed by atoms with Crippen LogP contribution in [0.4, 0.5) is 0 Å². The molecule has 0 heterocycles. The van der Waals surface area contributed by atoms with Gasteiger partial charge in [0, 0.05) is 12.8 Å². The van der Waals surface area contributed by atoms with Crippen LogP contribution in [0.5, 0.6) is 0 Å². The zero-order chi connectivity index (χ0) is 43.6. The molecule has 6 amide bonds. The molecule has 0 fully saturated rings. The highest BCUT2D eigenvalue weighted by Crippen LogP contribution is 2.08. The van der Waals surface area contributed by atoms with Crippen LogP contribution in [0.2, 0.25) is 0 Å². The molecule has 314 valence electrons. The third kappa shape index (κ3) is 18.0. The van der Waals surface area contributed by atoms with E-state index in [1.54, 1.807) is 18.2 Å².